The van der Waals surface area contributed by atoms with Gasteiger partial charge in [0.05, 0.1) is 23.0 Å². The van der Waals surface area contributed by atoms with Crippen molar-refractivity contribution in [2.45, 2.75) is 117 Å². The molecule has 2 aromatic carbocycles. The number of benzene rings is 2. The molecule has 3 rings (SSSR count). The van der Waals surface area contributed by atoms with Crippen LogP contribution in [0.5, 0.6) is 0 Å². The molecule has 7 amide bonds. The Kier molecular flexibility index (Phi) is 18.6. The molecule has 1 aromatic heterocycles. The third kappa shape index (κ3) is 19.8. The van der Waals surface area contributed by atoms with Crippen LogP contribution < -0.4 is 31.9 Å². The molecule has 0 radical (unpaired) electrons. The summed E-state index contributed by atoms with van der Waals surface area (Å²) in [5.74, 6) is -1.53. The summed E-state index contributed by atoms with van der Waals surface area (Å²) < 4.78 is 56.0. The van der Waals surface area contributed by atoms with Crippen molar-refractivity contribution in [2.75, 3.05) is 38.0 Å². The van der Waals surface area contributed by atoms with E-state index in [1.54, 1.807) is 92.6 Å². The number of anilines is 1. The second kappa shape index (κ2) is 22.8. The van der Waals surface area contributed by atoms with Gasteiger partial charge in [0.15, 0.2) is 0 Å². The van der Waals surface area contributed by atoms with Crippen molar-refractivity contribution in [3.63, 3.8) is 0 Å². The van der Waals surface area contributed by atoms with E-state index < -0.39 is 76.8 Å². The Morgan fingerprint density at radius 1 is 0.656 bits per heavy atom. The molecule has 352 valence electrons. The van der Waals surface area contributed by atoms with Gasteiger partial charge in [0.25, 0.3) is 0 Å². The number of fused-ring (bicyclic) bond motifs is 1. The Hall–Kier alpha value is -6.34. The van der Waals surface area contributed by atoms with E-state index in [2.05, 4.69) is 36.9 Å². The second-order valence-electron chi connectivity index (χ2n) is 17.8. The second-order valence-corrected chi connectivity index (χ2v) is 17.8. The number of alkyl carbamates (subject to hydrolysis) is 3. The Labute approximate surface area is 371 Å². The molecule has 0 aliphatic carbocycles. The molecule has 20 heteroatoms. The molecule has 0 fully saturated rings. The number of carbonyl (C=O) groups is 6. The number of nitrogens with one attached hydrogen (secondary N) is 6. The predicted molar refractivity (Wildman–Crippen MR) is 233 cm³/mol. The number of aromatic nitrogens is 1. The lowest BCUT2D eigenvalue weighted by Crippen LogP contribution is -2.54. The summed E-state index contributed by atoms with van der Waals surface area (Å²) in [6.07, 6.45) is -5.68. The maximum atomic E-state index is 14.0. The number of carbonyl (C=O) groups excluding carboxylic acids is 6. The quantitative estimate of drug-likeness (QED) is 0.0626. The third-order valence-corrected chi connectivity index (χ3v) is 8.55. The number of pyridine rings is 1. The van der Waals surface area contributed by atoms with Crippen LogP contribution >= 0.6 is 0 Å². The van der Waals surface area contributed by atoms with E-state index in [0.717, 1.165) is 17.5 Å². The first-order valence-electron chi connectivity index (χ1n) is 20.8. The van der Waals surface area contributed by atoms with Crippen LogP contribution in [-0.4, -0.2) is 108 Å². The Morgan fingerprint density at radius 3 is 1.75 bits per heavy atom. The predicted octanol–water partition coefficient (Wildman–Crippen LogP) is 6.65. The normalized spacial score (nSPS) is 12.8. The first kappa shape index (κ1) is 52.0. The van der Waals surface area contributed by atoms with Gasteiger partial charge in [0, 0.05) is 44.5 Å². The number of hydrogen-bond acceptors (Lipinski definition) is 10. The number of hydrogen-bond donors (Lipinski definition) is 6. The van der Waals surface area contributed by atoms with Crippen LogP contribution in [0, 0.1) is 0 Å². The van der Waals surface area contributed by atoms with E-state index in [-0.39, 0.29) is 52.0 Å². The molecule has 0 aliphatic rings. The van der Waals surface area contributed by atoms with Crippen LogP contribution in [0.2, 0.25) is 0 Å². The molecule has 3 aromatic rings. The Morgan fingerprint density at radius 2 is 1.20 bits per heavy atom. The number of para-hydroxylation sites is 1. The minimum absolute atomic E-state index is 0.00934. The number of amides is 7. The molecule has 64 heavy (non-hydrogen) atoms. The minimum Gasteiger partial charge on any atom is -0.444 e. The van der Waals surface area contributed by atoms with Crippen LogP contribution in [0.15, 0.2) is 60.8 Å². The smallest absolute Gasteiger partial charge is 0.416 e. The fourth-order valence-corrected chi connectivity index (χ4v) is 5.78. The molecule has 0 unspecified atom stereocenters. The van der Waals surface area contributed by atoms with Gasteiger partial charge >= 0.3 is 30.5 Å². The zero-order chi connectivity index (χ0) is 47.9. The summed E-state index contributed by atoms with van der Waals surface area (Å²) in [5, 5.41) is 16.5. The van der Waals surface area contributed by atoms with Gasteiger partial charge in [-0.1, -0.05) is 30.3 Å². The minimum atomic E-state index is -4.59. The summed E-state index contributed by atoms with van der Waals surface area (Å²) in [6, 6.07) is 9.76. The van der Waals surface area contributed by atoms with Crippen LogP contribution in [-0.2, 0) is 36.4 Å². The molecule has 6 N–H and O–H groups in total. The van der Waals surface area contributed by atoms with Crippen molar-refractivity contribution >= 4 is 52.7 Å². The number of urea groups is 1. The fraction of sp³-hybridized carbons (Fsp3) is 0.523. The molecule has 0 spiro atoms. The maximum absolute atomic E-state index is 14.0. The highest BCUT2D eigenvalue weighted by molar-refractivity contribution is 5.99. The first-order chi connectivity index (χ1) is 29.7. The standard InChI is InChI=1S/C44H61F3N8O9/c1-41(2,3)62-38(59)49-21-23-55(24-22-50-39(60)63-42(4,5)6)37(58)48-20-12-15-33(54-40(61)64-43(7,8)9)35(56)53-34(25-28-16-18-30(19-17-28)44(45,46)47)36(57)52-31-26-29-13-10-11-14-32(29)51-27-31/h10-11,13-14,16-19,26-27,33-34H,12,15,20-25H2,1-9H3,(H,48,58)(H,49,59)(H,50,60)(H,52,57)(H,53,56)(H,54,61)/t33-,34-/m1/s1. The molecule has 0 saturated carbocycles. The van der Waals surface area contributed by atoms with Gasteiger partial charge in [0.2, 0.25) is 11.8 Å². The molecule has 1 heterocycles. The van der Waals surface area contributed by atoms with Crippen molar-refractivity contribution in [3.05, 3.63) is 71.9 Å². The molecule has 2 atom stereocenters. The Balaban J connectivity index is 1.78. The highest BCUT2D eigenvalue weighted by Gasteiger charge is 2.32. The highest BCUT2D eigenvalue weighted by Crippen LogP contribution is 2.29. The average Bonchev–Trinajstić information content (AvgIpc) is 3.15. The molecule has 0 aliphatic heterocycles. The lowest BCUT2D eigenvalue weighted by Gasteiger charge is -2.26. The van der Waals surface area contributed by atoms with Crippen molar-refractivity contribution in [3.8, 4) is 0 Å². The third-order valence-electron chi connectivity index (χ3n) is 8.55. The first-order valence-corrected chi connectivity index (χ1v) is 20.8. The van der Waals surface area contributed by atoms with E-state index in [0.29, 0.717) is 16.8 Å². The summed E-state index contributed by atoms with van der Waals surface area (Å²) in [6.45, 7) is 15.1. The number of rotatable bonds is 17. The lowest BCUT2D eigenvalue weighted by atomic mass is 10.0. The fourth-order valence-electron chi connectivity index (χ4n) is 5.78. The van der Waals surface area contributed by atoms with Crippen LogP contribution in [0.3, 0.4) is 0 Å². The van der Waals surface area contributed by atoms with Crippen LogP contribution in [0.4, 0.5) is 38.0 Å². The van der Waals surface area contributed by atoms with Crippen molar-refractivity contribution in [1.82, 2.24) is 36.5 Å². The number of nitrogens with zero attached hydrogens (tertiary/aromatic N) is 2. The number of halogens is 3. The highest BCUT2D eigenvalue weighted by atomic mass is 19.4. The van der Waals surface area contributed by atoms with E-state index in [4.69, 9.17) is 14.2 Å². The van der Waals surface area contributed by atoms with Gasteiger partial charge in [-0.2, -0.15) is 13.2 Å². The van der Waals surface area contributed by atoms with E-state index in [1.165, 1.54) is 23.2 Å². The van der Waals surface area contributed by atoms with E-state index >= 15 is 0 Å². The van der Waals surface area contributed by atoms with Gasteiger partial charge in [0.1, 0.15) is 28.9 Å². The van der Waals surface area contributed by atoms with Gasteiger partial charge in [-0.05, 0) is 105 Å². The van der Waals surface area contributed by atoms with Gasteiger partial charge in [-0.15, -0.1) is 0 Å². The summed E-state index contributed by atoms with van der Waals surface area (Å²) in [7, 11) is 0. The summed E-state index contributed by atoms with van der Waals surface area (Å²) >= 11 is 0. The van der Waals surface area contributed by atoms with Gasteiger partial charge < -0.3 is 51.0 Å². The van der Waals surface area contributed by atoms with Gasteiger partial charge in [-0.25, -0.2) is 19.2 Å². The average molecular weight is 903 g/mol. The largest absolute Gasteiger partial charge is 0.444 e. The maximum Gasteiger partial charge on any atom is 0.416 e. The van der Waals surface area contributed by atoms with Gasteiger partial charge in [-0.3, -0.25) is 14.6 Å². The van der Waals surface area contributed by atoms with Crippen LogP contribution in [0.25, 0.3) is 10.9 Å². The van der Waals surface area contributed by atoms with Crippen molar-refractivity contribution < 1.29 is 56.1 Å². The molecule has 0 saturated heterocycles. The molecular formula is C44H61F3N8O9. The number of ether oxygens (including phenoxy) is 3. The van der Waals surface area contributed by atoms with Crippen molar-refractivity contribution in [1.29, 1.82) is 0 Å². The molecular weight excluding hydrogens is 842 g/mol. The van der Waals surface area contributed by atoms with Crippen molar-refractivity contribution in [2.24, 2.45) is 0 Å². The monoisotopic (exact) mass is 902 g/mol. The zero-order valence-corrected chi connectivity index (χ0v) is 37.8. The lowest BCUT2D eigenvalue weighted by molar-refractivity contribution is -0.137. The zero-order valence-electron chi connectivity index (χ0n) is 37.8. The van der Waals surface area contributed by atoms with Crippen LogP contribution in [0.1, 0.15) is 86.3 Å². The summed E-state index contributed by atoms with van der Waals surface area (Å²) in [5.41, 5.74) is -2.07. The molecule has 17 nitrogen and oxygen atoms in total. The SMILES string of the molecule is CC(C)(C)OC(=O)NCCN(CCNC(=O)OC(C)(C)C)C(=O)NCCC[C@@H](NC(=O)OC(C)(C)C)C(=O)N[C@H](Cc1ccc(C(F)(F)F)cc1)C(=O)Nc1cnc2ccccc2c1. The Bertz CT molecular complexity index is 2030. The molecule has 0 bridgehead atoms. The van der Waals surface area contributed by atoms with E-state index in [9.17, 15) is 41.9 Å². The summed E-state index contributed by atoms with van der Waals surface area (Å²) in [4.78, 5) is 84.4. The topological polar surface area (TPSA) is 218 Å². The van der Waals surface area contributed by atoms with E-state index in [1.807, 2.05) is 0 Å². The number of alkyl halides is 3.